The third-order valence-electron chi connectivity index (χ3n) is 3.14. The first kappa shape index (κ1) is 17.5. The molecule has 0 aliphatic heterocycles. The number of ether oxygens (including phenoxy) is 1. The van der Waals surface area contributed by atoms with Gasteiger partial charge in [-0.05, 0) is 24.3 Å². The summed E-state index contributed by atoms with van der Waals surface area (Å²) in [5.74, 6) is -2.25. The van der Waals surface area contributed by atoms with Gasteiger partial charge in [0, 0.05) is 21.5 Å². The van der Waals surface area contributed by atoms with Gasteiger partial charge in [0.05, 0.1) is 5.69 Å². The van der Waals surface area contributed by atoms with E-state index in [0.717, 1.165) is 27.9 Å². The van der Waals surface area contributed by atoms with Gasteiger partial charge in [-0.15, -0.1) is 11.3 Å². The fraction of sp³-hybridized carbons (Fsp3) is 0.0588. The lowest BCUT2D eigenvalue weighted by atomic mass is 10.2. The Labute approximate surface area is 154 Å². The average molecular weight is 425 g/mol. The first-order chi connectivity index (χ1) is 12.0. The second-order valence-corrected chi connectivity index (χ2v) is 6.73. The molecule has 0 radical (unpaired) electrons. The number of aromatic nitrogens is 1. The normalized spacial score (nSPS) is 10.5. The third-order valence-corrected chi connectivity index (χ3v) is 4.43. The minimum Gasteiger partial charge on any atom is -0.481 e. The van der Waals surface area contributed by atoms with Gasteiger partial charge in [-0.25, -0.2) is 13.8 Å². The molecule has 0 saturated carbocycles. The monoisotopic (exact) mass is 424 g/mol. The molecule has 0 saturated heterocycles. The summed E-state index contributed by atoms with van der Waals surface area (Å²) >= 11 is 4.63. The largest absolute Gasteiger partial charge is 0.481 e. The maximum absolute atomic E-state index is 13.4. The van der Waals surface area contributed by atoms with Crippen molar-refractivity contribution in [3.63, 3.8) is 0 Å². The molecule has 4 nitrogen and oxygen atoms in total. The standard InChI is InChI=1S/C17H11BrF2N2O2S/c18-11-3-1-10(2-4-11)14-9-25-17(21-14)22-16(23)8-24-15-6-5-12(19)7-13(15)20/h1-7,9H,8H2,(H,21,22,23). The quantitative estimate of drug-likeness (QED) is 0.635. The highest BCUT2D eigenvalue weighted by atomic mass is 79.9. The van der Waals surface area contributed by atoms with Crippen molar-refractivity contribution in [1.82, 2.24) is 4.98 Å². The van der Waals surface area contributed by atoms with Gasteiger partial charge >= 0.3 is 0 Å². The Balaban J connectivity index is 1.59. The summed E-state index contributed by atoms with van der Waals surface area (Å²) in [6.07, 6.45) is 0. The highest BCUT2D eigenvalue weighted by molar-refractivity contribution is 9.10. The van der Waals surface area contributed by atoms with Crippen LogP contribution in [0.15, 0.2) is 52.3 Å². The van der Waals surface area contributed by atoms with Gasteiger partial charge in [0.15, 0.2) is 23.3 Å². The zero-order chi connectivity index (χ0) is 17.8. The van der Waals surface area contributed by atoms with Crippen LogP contribution in [0.3, 0.4) is 0 Å². The van der Waals surface area contributed by atoms with Gasteiger partial charge in [0.1, 0.15) is 5.82 Å². The number of anilines is 1. The molecule has 1 heterocycles. The molecule has 25 heavy (non-hydrogen) atoms. The van der Waals surface area contributed by atoms with Crippen molar-refractivity contribution in [3.05, 3.63) is 64.0 Å². The summed E-state index contributed by atoms with van der Waals surface area (Å²) in [5.41, 5.74) is 1.66. The molecule has 0 atom stereocenters. The number of nitrogens with one attached hydrogen (secondary N) is 1. The molecule has 0 fully saturated rings. The van der Waals surface area contributed by atoms with E-state index in [1.165, 1.54) is 11.3 Å². The maximum atomic E-state index is 13.4. The molecule has 1 aromatic heterocycles. The Hall–Kier alpha value is -2.32. The molecule has 1 amide bonds. The Morgan fingerprint density at radius 1 is 1.20 bits per heavy atom. The van der Waals surface area contributed by atoms with Gasteiger partial charge in [0.25, 0.3) is 5.91 Å². The first-order valence-corrected chi connectivity index (χ1v) is 8.78. The maximum Gasteiger partial charge on any atom is 0.264 e. The van der Waals surface area contributed by atoms with Crippen LogP contribution in [0.25, 0.3) is 11.3 Å². The van der Waals surface area contributed by atoms with Gasteiger partial charge < -0.3 is 4.74 Å². The molecule has 1 N–H and O–H groups in total. The summed E-state index contributed by atoms with van der Waals surface area (Å²) < 4.78 is 32.3. The van der Waals surface area contributed by atoms with Crippen molar-refractivity contribution in [2.75, 3.05) is 11.9 Å². The first-order valence-electron chi connectivity index (χ1n) is 7.10. The molecule has 0 aliphatic rings. The summed E-state index contributed by atoms with van der Waals surface area (Å²) in [6, 6.07) is 10.5. The molecule has 0 bridgehead atoms. The van der Waals surface area contributed by atoms with Crippen LogP contribution in [-0.2, 0) is 4.79 Å². The Kier molecular flexibility index (Phi) is 5.40. The fourth-order valence-corrected chi connectivity index (χ4v) is 2.98. The van der Waals surface area contributed by atoms with Crippen molar-refractivity contribution >= 4 is 38.3 Å². The number of halogens is 3. The van der Waals surface area contributed by atoms with Gasteiger partial charge in [-0.3, -0.25) is 10.1 Å². The van der Waals surface area contributed by atoms with Crippen molar-refractivity contribution < 1.29 is 18.3 Å². The van der Waals surface area contributed by atoms with Crippen LogP contribution >= 0.6 is 27.3 Å². The van der Waals surface area contributed by atoms with E-state index in [-0.39, 0.29) is 5.75 Å². The molecule has 8 heteroatoms. The van der Waals surface area contributed by atoms with E-state index >= 15 is 0 Å². The number of nitrogens with zero attached hydrogens (tertiary/aromatic N) is 1. The number of thiazole rings is 1. The number of rotatable bonds is 5. The van der Waals surface area contributed by atoms with E-state index in [1.54, 1.807) is 0 Å². The minimum absolute atomic E-state index is 0.189. The highest BCUT2D eigenvalue weighted by Crippen LogP contribution is 2.26. The molecule has 2 aromatic carbocycles. The van der Waals surface area contributed by atoms with Gasteiger partial charge in [-0.2, -0.15) is 0 Å². The van der Waals surface area contributed by atoms with Crippen LogP contribution in [-0.4, -0.2) is 17.5 Å². The topological polar surface area (TPSA) is 51.2 Å². The van der Waals surface area contributed by atoms with Gasteiger partial charge in [-0.1, -0.05) is 28.1 Å². The van der Waals surface area contributed by atoms with E-state index in [2.05, 4.69) is 26.2 Å². The number of hydrogen-bond donors (Lipinski definition) is 1. The van der Waals surface area contributed by atoms with E-state index in [0.29, 0.717) is 11.2 Å². The van der Waals surface area contributed by atoms with Crippen LogP contribution < -0.4 is 10.1 Å². The highest BCUT2D eigenvalue weighted by Gasteiger charge is 2.11. The second-order valence-electron chi connectivity index (χ2n) is 4.96. The molecule has 0 spiro atoms. The van der Waals surface area contributed by atoms with Crippen LogP contribution in [0.5, 0.6) is 5.75 Å². The van der Waals surface area contributed by atoms with Crippen molar-refractivity contribution in [1.29, 1.82) is 0 Å². The summed E-state index contributed by atoms with van der Waals surface area (Å²) in [4.78, 5) is 16.2. The lowest BCUT2D eigenvalue weighted by molar-refractivity contribution is -0.118. The zero-order valence-electron chi connectivity index (χ0n) is 12.6. The zero-order valence-corrected chi connectivity index (χ0v) is 15.0. The van der Waals surface area contributed by atoms with Gasteiger partial charge in [0.2, 0.25) is 0 Å². The molecule has 0 aliphatic carbocycles. The van der Waals surface area contributed by atoms with E-state index in [1.807, 2.05) is 29.6 Å². The number of benzene rings is 2. The Morgan fingerprint density at radius 2 is 1.96 bits per heavy atom. The Morgan fingerprint density at radius 3 is 2.68 bits per heavy atom. The number of carbonyl (C=O) groups excluding carboxylic acids is 1. The predicted molar refractivity (Wildman–Crippen MR) is 95.7 cm³/mol. The smallest absolute Gasteiger partial charge is 0.264 e. The SMILES string of the molecule is O=C(COc1ccc(F)cc1F)Nc1nc(-c2ccc(Br)cc2)cs1. The molecule has 3 rings (SSSR count). The van der Waals surface area contributed by atoms with E-state index < -0.39 is 24.1 Å². The number of amides is 1. The van der Waals surface area contributed by atoms with Crippen LogP contribution in [0, 0.1) is 11.6 Å². The molecular weight excluding hydrogens is 414 g/mol. The van der Waals surface area contributed by atoms with Crippen LogP contribution in [0.2, 0.25) is 0 Å². The summed E-state index contributed by atoms with van der Waals surface area (Å²) in [6.45, 7) is -0.407. The molecular formula is C17H11BrF2N2O2S. The van der Waals surface area contributed by atoms with Crippen LogP contribution in [0.1, 0.15) is 0 Å². The average Bonchev–Trinajstić information content (AvgIpc) is 3.03. The minimum atomic E-state index is -0.862. The molecule has 0 unspecified atom stereocenters. The molecule has 3 aromatic rings. The summed E-state index contributed by atoms with van der Waals surface area (Å²) in [7, 11) is 0. The van der Waals surface area contributed by atoms with E-state index in [4.69, 9.17) is 4.74 Å². The lowest BCUT2D eigenvalue weighted by Gasteiger charge is -2.06. The van der Waals surface area contributed by atoms with Crippen LogP contribution in [0.4, 0.5) is 13.9 Å². The number of hydrogen-bond acceptors (Lipinski definition) is 4. The van der Waals surface area contributed by atoms with Crippen molar-refractivity contribution in [2.24, 2.45) is 0 Å². The fourth-order valence-electron chi connectivity index (χ4n) is 1.98. The van der Waals surface area contributed by atoms with E-state index in [9.17, 15) is 13.6 Å². The summed E-state index contributed by atoms with van der Waals surface area (Å²) in [5, 5.41) is 4.81. The Bertz CT molecular complexity index is 900. The lowest BCUT2D eigenvalue weighted by Crippen LogP contribution is -2.20. The molecule has 128 valence electrons. The third kappa shape index (κ3) is 4.61. The van der Waals surface area contributed by atoms with Crippen molar-refractivity contribution in [2.45, 2.75) is 0 Å². The number of carbonyl (C=O) groups is 1. The van der Waals surface area contributed by atoms with Crippen molar-refractivity contribution in [3.8, 4) is 17.0 Å². The second kappa shape index (κ2) is 7.71. The predicted octanol–water partition coefficient (Wildman–Crippen LogP) is 4.87.